The Labute approximate surface area is 133 Å². The summed E-state index contributed by atoms with van der Waals surface area (Å²) in [5.41, 5.74) is 0. The number of hydrogen-bond acceptors (Lipinski definition) is 5. The second-order valence-electron chi connectivity index (χ2n) is 5.25. The maximum atomic E-state index is 11.6. The van der Waals surface area contributed by atoms with Crippen molar-refractivity contribution in [2.75, 3.05) is 6.54 Å². The minimum Gasteiger partial charge on any atom is -0.460 e. The molecule has 1 aromatic heterocycles. The first-order valence-corrected chi connectivity index (χ1v) is 7.58. The van der Waals surface area contributed by atoms with Crippen LogP contribution in [-0.4, -0.2) is 40.5 Å². The first-order valence-electron chi connectivity index (χ1n) is 7.21. The van der Waals surface area contributed by atoms with Gasteiger partial charge in [0, 0.05) is 13.0 Å². The number of carbonyl (C=O) groups excluding carboxylic acids is 2. The van der Waals surface area contributed by atoms with E-state index in [2.05, 4.69) is 20.6 Å². The first kappa shape index (κ1) is 16.5. The van der Waals surface area contributed by atoms with Gasteiger partial charge < -0.3 is 15.4 Å². The van der Waals surface area contributed by atoms with Crippen molar-refractivity contribution < 1.29 is 14.3 Å². The highest BCUT2D eigenvalue weighted by Gasteiger charge is 2.24. The number of nitrogens with one attached hydrogen (secondary N) is 2. The zero-order valence-electron chi connectivity index (χ0n) is 12.3. The minimum atomic E-state index is -0.213. The summed E-state index contributed by atoms with van der Waals surface area (Å²) in [6.45, 7) is 1.40. The Bertz CT molecular complexity index is 515. The summed E-state index contributed by atoms with van der Waals surface area (Å²) in [7, 11) is 0. The Balaban J connectivity index is 1.70. The van der Waals surface area contributed by atoms with Gasteiger partial charge in [0.1, 0.15) is 6.10 Å². The summed E-state index contributed by atoms with van der Waals surface area (Å²) >= 11 is 5.72. The Morgan fingerprint density at radius 1 is 1.27 bits per heavy atom. The highest BCUT2D eigenvalue weighted by molar-refractivity contribution is 6.30. The molecule has 22 heavy (non-hydrogen) atoms. The van der Waals surface area contributed by atoms with E-state index in [1.54, 1.807) is 0 Å². The third-order valence-electron chi connectivity index (χ3n) is 3.41. The number of halogens is 1. The van der Waals surface area contributed by atoms with Gasteiger partial charge in [-0.25, -0.2) is 9.97 Å². The number of carbonyl (C=O) groups is 2. The Morgan fingerprint density at radius 2 is 1.91 bits per heavy atom. The highest BCUT2D eigenvalue weighted by atomic mass is 35.5. The summed E-state index contributed by atoms with van der Waals surface area (Å²) in [5.74, 6) is -0.379. The van der Waals surface area contributed by atoms with E-state index in [1.807, 2.05) is 0 Å². The molecule has 0 atom stereocenters. The average Bonchev–Trinajstić information content (AvgIpc) is 2.49. The van der Waals surface area contributed by atoms with E-state index in [0.717, 1.165) is 25.7 Å². The lowest BCUT2D eigenvalue weighted by molar-refractivity contribution is -0.125. The molecule has 1 aromatic rings. The quantitative estimate of drug-likeness (QED) is 0.844. The lowest BCUT2D eigenvalue weighted by atomic mass is 9.93. The molecule has 1 fully saturated rings. The van der Waals surface area contributed by atoms with E-state index in [-0.39, 0.29) is 30.5 Å². The number of amides is 2. The molecule has 2 N–H and O–H groups in total. The molecule has 0 unspecified atom stereocenters. The van der Waals surface area contributed by atoms with E-state index in [9.17, 15) is 9.59 Å². The lowest BCUT2D eigenvalue weighted by Gasteiger charge is -2.28. The predicted octanol–water partition coefficient (Wildman–Crippen LogP) is 1.07. The van der Waals surface area contributed by atoms with Gasteiger partial charge in [0.05, 0.1) is 24.0 Å². The maximum absolute atomic E-state index is 11.6. The molecule has 1 aliphatic carbocycles. The normalized spacial score (nSPS) is 21.0. The molecule has 0 bridgehead atoms. The maximum Gasteiger partial charge on any atom is 0.316 e. The van der Waals surface area contributed by atoms with Crippen molar-refractivity contribution in [1.29, 1.82) is 0 Å². The van der Waals surface area contributed by atoms with E-state index in [4.69, 9.17) is 16.3 Å². The standard InChI is InChI=1S/C14H19ClN4O3/c1-9(20)16-8-13(21)19-11-2-4-12(5-3-11)22-14-17-6-10(15)7-18-14/h6-7,11-12H,2-5,8H2,1H3,(H,16,20)(H,19,21). The summed E-state index contributed by atoms with van der Waals surface area (Å²) in [6, 6.07) is 0.440. The SMILES string of the molecule is CC(=O)NCC(=O)NC1CCC(Oc2ncc(Cl)cn2)CC1. The van der Waals surface area contributed by atoms with E-state index < -0.39 is 0 Å². The second-order valence-corrected chi connectivity index (χ2v) is 5.69. The van der Waals surface area contributed by atoms with Crippen LogP contribution in [0.15, 0.2) is 12.4 Å². The fourth-order valence-corrected chi connectivity index (χ4v) is 2.42. The predicted molar refractivity (Wildman–Crippen MR) is 80.5 cm³/mol. The topological polar surface area (TPSA) is 93.2 Å². The highest BCUT2D eigenvalue weighted by Crippen LogP contribution is 2.22. The minimum absolute atomic E-state index is 0.0182. The molecule has 120 valence electrons. The first-order chi connectivity index (χ1) is 10.5. The number of hydrogen-bond donors (Lipinski definition) is 2. The molecule has 1 heterocycles. The van der Waals surface area contributed by atoms with Crippen LogP contribution in [0.5, 0.6) is 6.01 Å². The van der Waals surface area contributed by atoms with Gasteiger partial charge in [-0.15, -0.1) is 0 Å². The number of rotatable bonds is 5. The molecular formula is C14H19ClN4O3. The summed E-state index contributed by atoms with van der Waals surface area (Å²) in [5, 5.41) is 5.86. The van der Waals surface area contributed by atoms with Gasteiger partial charge in [0.2, 0.25) is 11.8 Å². The summed E-state index contributed by atoms with van der Waals surface area (Å²) in [4.78, 5) is 30.4. The van der Waals surface area contributed by atoms with Crippen LogP contribution in [0.4, 0.5) is 0 Å². The smallest absolute Gasteiger partial charge is 0.316 e. The average molecular weight is 327 g/mol. The van der Waals surface area contributed by atoms with Crippen molar-refractivity contribution >= 4 is 23.4 Å². The van der Waals surface area contributed by atoms with E-state index in [1.165, 1.54) is 19.3 Å². The molecule has 0 aromatic carbocycles. The van der Waals surface area contributed by atoms with Gasteiger partial charge in [-0.05, 0) is 25.7 Å². The van der Waals surface area contributed by atoms with Gasteiger partial charge in [-0.3, -0.25) is 9.59 Å². The third-order valence-corrected chi connectivity index (χ3v) is 3.60. The number of ether oxygens (including phenoxy) is 1. The fourth-order valence-electron chi connectivity index (χ4n) is 2.32. The molecule has 0 radical (unpaired) electrons. The van der Waals surface area contributed by atoms with Gasteiger partial charge in [-0.1, -0.05) is 11.6 Å². The molecule has 0 saturated heterocycles. The molecule has 0 aliphatic heterocycles. The third kappa shape index (κ3) is 5.48. The summed E-state index contributed by atoms with van der Waals surface area (Å²) in [6.07, 6.45) is 6.32. The lowest BCUT2D eigenvalue weighted by Crippen LogP contribution is -2.44. The number of nitrogens with zero attached hydrogens (tertiary/aromatic N) is 2. The van der Waals surface area contributed by atoms with Crippen LogP contribution >= 0.6 is 11.6 Å². The summed E-state index contributed by atoms with van der Waals surface area (Å²) < 4.78 is 5.69. The zero-order chi connectivity index (χ0) is 15.9. The van der Waals surface area contributed by atoms with Crippen molar-refractivity contribution in [1.82, 2.24) is 20.6 Å². The Morgan fingerprint density at radius 3 is 2.50 bits per heavy atom. The van der Waals surface area contributed by atoms with Crippen LogP contribution in [-0.2, 0) is 9.59 Å². The Hall–Kier alpha value is -1.89. The molecule has 1 aliphatic rings. The van der Waals surface area contributed by atoms with Crippen LogP contribution in [0.2, 0.25) is 5.02 Å². The number of aromatic nitrogens is 2. The van der Waals surface area contributed by atoms with Crippen LogP contribution in [0, 0.1) is 0 Å². The fraction of sp³-hybridized carbons (Fsp3) is 0.571. The van der Waals surface area contributed by atoms with Crippen LogP contribution in [0.25, 0.3) is 0 Å². The molecule has 8 heteroatoms. The largest absolute Gasteiger partial charge is 0.460 e. The zero-order valence-corrected chi connectivity index (χ0v) is 13.1. The van der Waals surface area contributed by atoms with Crippen LogP contribution < -0.4 is 15.4 Å². The van der Waals surface area contributed by atoms with Gasteiger partial charge in [0.15, 0.2) is 0 Å². The van der Waals surface area contributed by atoms with Crippen molar-refractivity contribution in [2.45, 2.75) is 44.8 Å². The van der Waals surface area contributed by atoms with Gasteiger partial charge in [-0.2, -0.15) is 0 Å². The van der Waals surface area contributed by atoms with Crippen LogP contribution in [0.1, 0.15) is 32.6 Å². The molecular weight excluding hydrogens is 308 g/mol. The van der Waals surface area contributed by atoms with Gasteiger partial charge >= 0.3 is 6.01 Å². The van der Waals surface area contributed by atoms with Crippen LogP contribution in [0.3, 0.4) is 0 Å². The van der Waals surface area contributed by atoms with Crippen molar-refractivity contribution in [2.24, 2.45) is 0 Å². The molecule has 2 rings (SSSR count). The van der Waals surface area contributed by atoms with E-state index in [0.29, 0.717) is 11.0 Å². The van der Waals surface area contributed by atoms with Crippen molar-refractivity contribution in [3.8, 4) is 6.01 Å². The van der Waals surface area contributed by atoms with Crippen molar-refractivity contribution in [3.63, 3.8) is 0 Å². The molecule has 0 spiro atoms. The molecule has 1 saturated carbocycles. The van der Waals surface area contributed by atoms with Crippen molar-refractivity contribution in [3.05, 3.63) is 17.4 Å². The Kier molecular flexibility index (Phi) is 5.94. The second kappa shape index (κ2) is 7.93. The van der Waals surface area contributed by atoms with Gasteiger partial charge in [0.25, 0.3) is 0 Å². The van der Waals surface area contributed by atoms with E-state index >= 15 is 0 Å². The molecule has 7 nitrogen and oxygen atoms in total. The monoisotopic (exact) mass is 326 g/mol. The molecule has 2 amide bonds.